The van der Waals surface area contributed by atoms with Gasteiger partial charge >= 0.3 is 0 Å². The smallest absolute Gasteiger partial charge is 0.268 e. The van der Waals surface area contributed by atoms with Crippen molar-refractivity contribution in [1.82, 2.24) is 5.32 Å². The van der Waals surface area contributed by atoms with E-state index in [1.807, 2.05) is 27.2 Å². The van der Waals surface area contributed by atoms with E-state index in [2.05, 4.69) is 55.6 Å². The number of unbranched alkanes of at least 4 members (excludes halogenated alkanes) is 53. The Morgan fingerprint density at radius 3 is 1.00 bits per heavy atom. The molecule has 3 unspecified atom stereocenters. The molecule has 0 aromatic carbocycles. The predicted molar refractivity (Wildman–Crippen MR) is 381 cm³/mol. The van der Waals surface area contributed by atoms with Gasteiger partial charge in [0.25, 0.3) is 7.82 Å². The first-order chi connectivity index (χ1) is 42.5. The van der Waals surface area contributed by atoms with Gasteiger partial charge in [-0.05, 0) is 64.2 Å². The highest BCUT2D eigenvalue weighted by Gasteiger charge is 2.23. The van der Waals surface area contributed by atoms with Crippen LogP contribution in [0.5, 0.6) is 0 Å². The zero-order valence-electron chi connectivity index (χ0n) is 59.0. The first kappa shape index (κ1) is 85.5. The first-order valence-electron chi connectivity index (χ1n) is 38.5. The number of rotatable bonds is 72. The van der Waals surface area contributed by atoms with E-state index in [1.54, 1.807) is 6.08 Å². The maximum absolute atomic E-state index is 13.1. The number of hydrogen-bond donors (Lipinski definition) is 2. The summed E-state index contributed by atoms with van der Waals surface area (Å²) in [4.78, 5) is 25.7. The number of phosphoric ester groups is 1. The van der Waals surface area contributed by atoms with Crippen LogP contribution in [0.1, 0.15) is 393 Å². The van der Waals surface area contributed by atoms with Gasteiger partial charge in [-0.1, -0.05) is 371 Å². The summed E-state index contributed by atoms with van der Waals surface area (Å²) in [6.45, 7) is 4.68. The predicted octanol–water partition coefficient (Wildman–Crippen LogP) is 24.3. The summed E-state index contributed by atoms with van der Waals surface area (Å²) < 4.78 is 23.5. The van der Waals surface area contributed by atoms with Gasteiger partial charge in [0, 0.05) is 6.42 Å². The molecular weight excluding hydrogens is 1090 g/mol. The van der Waals surface area contributed by atoms with Crippen molar-refractivity contribution in [2.24, 2.45) is 0 Å². The van der Waals surface area contributed by atoms with Crippen LogP contribution in [0.2, 0.25) is 0 Å². The Morgan fingerprint density at radius 1 is 0.402 bits per heavy atom. The van der Waals surface area contributed by atoms with Gasteiger partial charge in [-0.3, -0.25) is 9.36 Å². The Kier molecular flexibility index (Phi) is 67.6. The van der Waals surface area contributed by atoms with Crippen molar-refractivity contribution in [3.05, 3.63) is 48.6 Å². The maximum atomic E-state index is 13.1. The summed E-state index contributed by atoms with van der Waals surface area (Å²) in [5.41, 5.74) is 0. The number of nitrogens with one attached hydrogen (secondary N) is 1. The van der Waals surface area contributed by atoms with Gasteiger partial charge in [0.1, 0.15) is 13.2 Å². The minimum absolute atomic E-state index is 0.00457. The molecule has 87 heavy (non-hydrogen) atoms. The fourth-order valence-corrected chi connectivity index (χ4v) is 12.5. The standard InChI is InChI=1S/C78H151N2O6P/c1-6-8-10-12-14-16-18-20-22-24-26-28-30-32-34-35-36-37-38-39-40-41-42-43-44-45-46-48-50-52-54-56-58-60-62-64-66-68-70-72-78(82)79-76(75-86-87(83,84)85-74-73-80(3,4)5)77(81)71-69-67-65-63-61-59-57-55-53-51-49-47-33-31-29-27-25-23-21-19-17-15-13-11-9-7-2/h18,20,24,26,61,63,69,71,76-77,81H,6-17,19,21-23,25,27-60,62,64-68,70,72-75H2,1-5H3,(H-,79,82,83,84)/b20-18-,26-24-,63-61+,71-69+. The summed E-state index contributed by atoms with van der Waals surface area (Å²) in [7, 11) is 1.26. The third kappa shape index (κ3) is 71.8. The Hall–Kier alpha value is -1.54. The third-order valence-electron chi connectivity index (χ3n) is 17.8. The molecule has 0 aliphatic heterocycles. The van der Waals surface area contributed by atoms with Gasteiger partial charge in [0.2, 0.25) is 5.91 Å². The Balaban J connectivity index is 3.96. The normalized spacial score (nSPS) is 13.8. The van der Waals surface area contributed by atoms with E-state index in [4.69, 9.17) is 9.05 Å². The van der Waals surface area contributed by atoms with Crippen LogP contribution in [-0.2, 0) is 18.4 Å². The highest BCUT2D eigenvalue weighted by atomic mass is 31.2. The van der Waals surface area contributed by atoms with E-state index in [0.717, 1.165) is 44.9 Å². The molecule has 0 aromatic rings. The largest absolute Gasteiger partial charge is 0.756 e. The van der Waals surface area contributed by atoms with E-state index in [-0.39, 0.29) is 19.1 Å². The molecule has 3 atom stereocenters. The van der Waals surface area contributed by atoms with Crippen molar-refractivity contribution < 1.29 is 32.9 Å². The zero-order chi connectivity index (χ0) is 63.4. The SMILES string of the molecule is CCCCCCC/C=C\C/C=C\CCCCCCCCCCCCCCCCCCCCCCCCCCCCCC(=O)NC(COP(=O)([O-])OCC[N+](C)(C)C)C(O)/C=C/CC/C=C/CCCCCCCCCCCCCCCCCCCCCC. The van der Waals surface area contributed by atoms with Gasteiger partial charge in [-0.15, -0.1) is 0 Å². The first-order valence-corrected chi connectivity index (χ1v) is 40.0. The third-order valence-corrected chi connectivity index (χ3v) is 18.7. The molecule has 1 amide bonds. The topological polar surface area (TPSA) is 108 Å². The highest BCUT2D eigenvalue weighted by molar-refractivity contribution is 7.45. The Morgan fingerprint density at radius 2 is 0.678 bits per heavy atom. The average Bonchev–Trinajstić information content (AvgIpc) is 3.69. The van der Waals surface area contributed by atoms with Crippen LogP contribution in [0, 0.1) is 0 Å². The number of hydrogen-bond acceptors (Lipinski definition) is 6. The number of quaternary nitrogens is 1. The van der Waals surface area contributed by atoms with Crippen LogP contribution in [0.15, 0.2) is 48.6 Å². The minimum atomic E-state index is -4.61. The van der Waals surface area contributed by atoms with Crippen molar-refractivity contribution >= 4 is 13.7 Å². The highest BCUT2D eigenvalue weighted by Crippen LogP contribution is 2.38. The lowest BCUT2D eigenvalue weighted by Crippen LogP contribution is -2.45. The molecule has 0 aliphatic rings. The molecule has 0 aromatic heterocycles. The summed E-state index contributed by atoms with van der Waals surface area (Å²) >= 11 is 0. The summed E-state index contributed by atoms with van der Waals surface area (Å²) in [6.07, 6.45) is 94.2. The lowest BCUT2D eigenvalue weighted by molar-refractivity contribution is -0.870. The number of aliphatic hydroxyl groups excluding tert-OH is 1. The van der Waals surface area contributed by atoms with Crippen molar-refractivity contribution in [3.8, 4) is 0 Å². The van der Waals surface area contributed by atoms with Crippen molar-refractivity contribution in [2.45, 2.75) is 405 Å². The van der Waals surface area contributed by atoms with E-state index >= 15 is 0 Å². The lowest BCUT2D eigenvalue weighted by Gasteiger charge is -2.29. The molecule has 0 radical (unpaired) electrons. The number of carbonyl (C=O) groups is 1. The second-order valence-electron chi connectivity index (χ2n) is 27.7. The molecule has 0 bridgehead atoms. The quantitative estimate of drug-likeness (QED) is 0.0272. The van der Waals surface area contributed by atoms with E-state index < -0.39 is 20.0 Å². The fraction of sp³-hybridized carbons (Fsp3) is 0.885. The van der Waals surface area contributed by atoms with Gasteiger partial charge in [-0.2, -0.15) is 0 Å². The minimum Gasteiger partial charge on any atom is -0.756 e. The molecule has 0 saturated heterocycles. The van der Waals surface area contributed by atoms with E-state index in [9.17, 15) is 19.4 Å². The maximum Gasteiger partial charge on any atom is 0.268 e. The summed E-state index contributed by atoms with van der Waals surface area (Å²) in [6, 6.07) is -0.904. The molecule has 0 saturated carbocycles. The van der Waals surface area contributed by atoms with Gasteiger partial charge in [0.15, 0.2) is 0 Å². The average molecular weight is 1240 g/mol. The molecule has 2 N–H and O–H groups in total. The van der Waals surface area contributed by atoms with Gasteiger partial charge in [0.05, 0.1) is 39.9 Å². The molecule has 9 heteroatoms. The molecule has 0 fully saturated rings. The molecular formula is C78H151N2O6P. The number of nitrogens with zero attached hydrogens (tertiary/aromatic N) is 1. The van der Waals surface area contributed by atoms with Crippen molar-refractivity contribution in [1.29, 1.82) is 0 Å². The van der Waals surface area contributed by atoms with E-state index in [1.165, 1.54) is 327 Å². The number of aliphatic hydroxyl groups is 1. The molecule has 8 nitrogen and oxygen atoms in total. The molecule has 0 aliphatic carbocycles. The van der Waals surface area contributed by atoms with Crippen LogP contribution in [0.25, 0.3) is 0 Å². The second kappa shape index (κ2) is 68.8. The van der Waals surface area contributed by atoms with Crippen LogP contribution < -0.4 is 10.2 Å². The second-order valence-corrected chi connectivity index (χ2v) is 29.1. The Bertz CT molecular complexity index is 1560. The molecule has 0 heterocycles. The lowest BCUT2D eigenvalue weighted by atomic mass is 10.0. The number of carbonyl (C=O) groups excluding carboxylic acids is 1. The van der Waals surface area contributed by atoms with Gasteiger partial charge < -0.3 is 28.8 Å². The van der Waals surface area contributed by atoms with Crippen LogP contribution >= 0.6 is 7.82 Å². The van der Waals surface area contributed by atoms with Gasteiger partial charge in [-0.25, -0.2) is 0 Å². The number of amides is 1. The van der Waals surface area contributed by atoms with Crippen molar-refractivity contribution in [2.75, 3.05) is 40.9 Å². The number of phosphoric acid groups is 1. The molecule has 0 rings (SSSR count). The van der Waals surface area contributed by atoms with Crippen LogP contribution in [0.3, 0.4) is 0 Å². The van der Waals surface area contributed by atoms with Crippen LogP contribution in [0.4, 0.5) is 0 Å². The summed E-state index contributed by atoms with van der Waals surface area (Å²) in [5, 5.41) is 14.0. The number of allylic oxidation sites excluding steroid dienone is 7. The summed E-state index contributed by atoms with van der Waals surface area (Å²) in [5.74, 6) is -0.199. The number of likely N-dealkylation sites (N-methyl/N-ethyl adjacent to an activating group) is 1. The van der Waals surface area contributed by atoms with Crippen LogP contribution in [-0.4, -0.2) is 68.5 Å². The Labute approximate surface area is 543 Å². The molecule has 0 spiro atoms. The fourth-order valence-electron chi connectivity index (χ4n) is 11.8. The molecule has 514 valence electrons. The zero-order valence-corrected chi connectivity index (χ0v) is 59.9. The van der Waals surface area contributed by atoms with E-state index in [0.29, 0.717) is 17.4 Å². The van der Waals surface area contributed by atoms with Crippen molar-refractivity contribution in [3.63, 3.8) is 0 Å². The monoisotopic (exact) mass is 1240 g/mol.